The molecule has 0 aromatic heterocycles. The molecule has 2 aromatic rings. The van der Waals surface area contributed by atoms with Crippen LogP contribution in [0.25, 0.3) is 0 Å². The maximum Gasteiger partial charge on any atom is 0.344 e. The molecular weight excluding hydrogens is 456 g/mol. The van der Waals surface area contributed by atoms with Gasteiger partial charge in [0.2, 0.25) is 0 Å². The molecule has 0 spiro atoms. The maximum atomic E-state index is 12.8. The number of ether oxygens (including phenoxy) is 5. The van der Waals surface area contributed by atoms with Gasteiger partial charge in [0, 0.05) is 0 Å². The molecule has 3 rings (SSSR count). The highest BCUT2D eigenvalue weighted by atomic mass is 16.6. The SMILES string of the molecule is CCOC(=O)C1=C(COC(=O)COc2ccccc2OCC)NC(=O)NC1c1ccc(OC)cc1. The van der Waals surface area contributed by atoms with E-state index >= 15 is 0 Å². The number of nitrogens with one attached hydrogen (secondary N) is 2. The predicted octanol–water partition coefficient (Wildman–Crippen LogP) is 2.89. The number of carbonyl (C=O) groups excluding carboxylic acids is 3. The first-order valence-corrected chi connectivity index (χ1v) is 11.1. The number of rotatable bonds is 11. The summed E-state index contributed by atoms with van der Waals surface area (Å²) < 4.78 is 26.7. The Balaban J connectivity index is 1.76. The number of carbonyl (C=O) groups is 3. The minimum Gasteiger partial charge on any atom is -0.497 e. The van der Waals surface area contributed by atoms with Gasteiger partial charge in [-0.25, -0.2) is 14.4 Å². The highest BCUT2D eigenvalue weighted by molar-refractivity contribution is 5.95. The van der Waals surface area contributed by atoms with Gasteiger partial charge in [-0.3, -0.25) is 0 Å². The van der Waals surface area contributed by atoms with Gasteiger partial charge in [-0.15, -0.1) is 0 Å². The zero-order chi connectivity index (χ0) is 25.2. The van der Waals surface area contributed by atoms with Crippen molar-refractivity contribution in [1.29, 1.82) is 0 Å². The lowest BCUT2D eigenvalue weighted by molar-refractivity contribution is -0.145. The van der Waals surface area contributed by atoms with E-state index in [1.165, 1.54) is 7.11 Å². The third kappa shape index (κ3) is 6.66. The molecule has 1 aliphatic heterocycles. The fraction of sp³-hybridized carbons (Fsp3) is 0.320. The third-order valence-electron chi connectivity index (χ3n) is 4.97. The Bertz CT molecular complexity index is 1080. The molecule has 2 N–H and O–H groups in total. The van der Waals surface area contributed by atoms with Gasteiger partial charge >= 0.3 is 18.0 Å². The number of benzene rings is 2. The molecule has 0 aliphatic carbocycles. The molecule has 1 unspecified atom stereocenters. The molecule has 0 saturated heterocycles. The molecule has 35 heavy (non-hydrogen) atoms. The number of amides is 2. The fourth-order valence-corrected chi connectivity index (χ4v) is 3.40. The number of hydrogen-bond donors (Lipinski definition) is 2. The summed E-state index contributed by atoms with van der Waals surface area (Å²) in [5, 5.41) is 5.26. The Morgan fingerprint density at radius 1 is 0.914 bits per heavy atom. The van der Waals surface area contributed by atoms with Crippen molar-refractivity contribution in [3.05, 3.63) is 65.4 Å². The summed E-state index contributed by atoms with van der Waals surface area (Å²) in [6.07, 6.45) is 0. The molecule has 10 nitrogen and oxygen atoms in total. The molecule has 0 fully saturated rings. The highest BCUT2D eigenvalue weighted by Crippen LogP contribution is 2.29. The van der Waals surface area contributed by atoms with Crippen LogP contribution in [0.3, 0.4) is 0 Å². The molecule has 186 valence electrons. The summed E-state index contributed by atoms with van der Waals surface area (Å²) in [7, 11) is 1.54. The monoisotopic (exact) mass is 484 g/mol. The number of para-hydroxylation sites is 2. The van der Waals surface area contributed by atoms with E-state index in [1.807, 2.05) is 6.92 Å². The average Bonchev–Trinajstić information content (AvgIpc) is 2.87. The largest absolute Gasteiger partial charge is 0.497 e. The van der Waals surface area contributed by atoms with E-state index in [-0.39, 0.29) is 31.1 Å². The van der Waals surface area contributed by atoms with Crippen LogP contribution in [-0.2, 0) is 19.1 Å². The molecule has 0 saturated carbocycles. The first-order chi connectivity index (χ1) is 17.0. The quantitative estimate of drug-likeness (QED) is 0.467. The van der Waals surface area contributed by atoms with Crippen LogP contribution in [0.15, 0.2) is 59.8 Å². The van der Waals surface area contributed by atoms with Crippen LogP contribution in [0.5, 0.6) is 17.2 Å². The van der Waals surface area contributed by atoms with Crippen LogP contribution in [0.2, 0.25) is 0 Å². The van der Waals surface area contributed by atoms with E-state index < -0.39 is 24.0 Å². The van der Waals surface area contributed by atoms with E-state index in [0.717, 1.165) is 0 Å². The standard InChI is InChI=1S/C25H28N2O8/c1-4-32-19-8-6-7-9-20(19)34-15-21(28)35-14-18-22(24(29)33-5-2)23(27-25(30)26-18)16-10-12-17(31-3)13-11-16/h6-13,23H,4-5,14-15H2,1-3H3,(H2,26,27,30). The molecule has 0 radical (unpaired) electrons. The second-order valence-electron chi connectivity index (χ2n) is 7.25. The maximum absolute atomic E-state index is 12.8. The zero-order valence-corrected chi connectivity index (χ0v) is 19.8. The predicted molar refractivity (Wildman–Crippen MR) is 125 cm³/mol. The Labute approximate surface area is 203 Å². The van der Waals surface area contributed by atoms with Gasteiger partial charge in [-0.2, -0.15) is 0 Å². The van der Waals surface area contributed by atoms with E-state index in [1.54, 1.807) is 55.5 Å². The summed E-state index contributed by atoms with van der Waals surface area (Å²) in [5.74, 6) is 0.181. The van der Waals surface area contributed by atoms with Gasteiger partial charge in [0.15, 0.2) is 18.1 Å². The first kappa shape index (κ1) is 25.4. The molecule has 1 aliphatic rings. The third-order valence-corrected chi connectivity index (χ3v) is 4.97. The smallest absolute Gasteiger partial charge is 0.344 e. The number of hydrogen-bond acceptors (Lipinski definition) is 8. The number of methoxy groups -OCH3 is 1. The lowest BCUT2D eigenvalue weighted by atomic mass is 9.95. The first-order valence-electron chi connectivity index (χ1n) is 11.1. The van der Waals surface area contributed by atoms with Crippen molar-refractivity contribution in [1.82, 2.24) is 10.6 Å². The average molecular weight is 485 g/mol. The van der Waals surface area contributed by atoms with Gasteiger partial charge in [0.05, 0.1) is 37.6 Å². The molecule has 2 aromatic carbocycles. The summed E-state index contributed by atoms with van der Waals surface area (Å²) in [4.78, 5) is 37.5. The minimum absolute atomic E-state index is 0.121. The van der Waals surface area contributed by atoms with Crippen LogP contribution >= 0.6 is 0 Å². The van der Waals surface area contributed by atoms with Gasteiger partial charge in [0.1, 0.15) is 12.4 Å². The van der Waals surface area contributed by atoms with Crippen LogP contribution in [0.4, 0.5) is 4.79 Å². The lowest BCUT2D eigenvalue weighted by Crippen LogP contribution is -2.47. The van der Waals surface area contributed by atoms with E-state index in [2.05, 4.69) is 10.6 Å². The Morgan fingerprint density at radius 2 is 1.60 bits per heavy atom. The zero-order valence-electron chi connectivity index (χ0n) is 19.8. The number of urea groups is 1. The van der Waals surface area contributed by atoms with Gasteiger partial charge in [-0.05, 0) is 43.7 Å². The topological polar surface area (TPSA) is 121 Å². The number of esters is 2. The van der Waals surface area contributed by atoms with Crippen LogP contribution < -0.4 is 24.8 Å². The van der Waals surface area contributed by atoms with Crippen molar-refractivity contribution >= 4 is 18.0 Å². The summed E-state index contributed by atoms with van der Waals surface area (Å²) in [5.41, 5.74) is 0.881. The van der Waals surface area contributed by atoms with Crippen molar-refractivity contribution < 1.29 is 38.1 Å². The second-order valence-corrected chi connectivity index (χ2v) is 7.25. The van der Waals surface area contributed by atoms with Crippen LogP contribution in [0.1, 0.15) is 25.5 Å². The Morgan fingerprint density at radius 3 is 2.23 bits per heavy atom. The fourth-order valence-electron chi connectivity index (χ4n) is 3.40. The normalized spacial score (nSPS) is 14.9. The molecule has 10 heteroatoms. The second kappa shape index (κ2) is 12.3. The summed E-state index contributed by atoms with van der Waals surface area (Å²) >= 11 is 0. The van der Waals surface area contributed by atoms with E-state index in [4.69, 9.17) is 23.7 Å². The molecule has 1 heterocycles. The van der Waals surface area contributed by atoms with Crippen molar-refractivity contribution in [2.24, 2.45) is 0 Å². The van der Waals surface area contributed by atoms with Gasteiger partial charge in [-0.1, -0.05) is 24.3 Å². The van der Waals surface area contributed by atoms with Crippen molar-refractivity contribution in [3.63, 3.8) is 0 Å². The van der Waals surface area contributed by atoms with E-state index in [0.29, 0.717) is 29.4 Å². The summed E-state index contributed by atoms with van der Waals surface area (Å²) in [6, 6.07) is 12.5. The highest BCUT2D eigenvalue weighted by Gasteiger charge is 2.34. The minimum atomic E-state index is -0.809. The lowest BCUT2D eigenvalue weighted by Gasteiger charge is -2.29. The molecule has 2 amide bonds. The van der Waals surface area contributed by atoms with Crippen molar-refractivity contribution in [2.75, 3.05) is 33.5 Å². The van der Waals surface area contributed by atoms with Crippen LogP contribution in [0, 0.1) is 0 Å². The van der Waals surface area contributed by atoms with Crippen molar-refractivity contribution in [3.8, 4) is 17.2 Å². The Hall–Kier alpha value is -4.21. The Kier molecular flexibility index (Phi) is 8.94. The van der Waals surface area contributed by atoms with Crippen LogP contribution in [-0.4, -0.2) is 51.5 Å². The van der Waals surface area contributed by atoms with Gasteiger partial charge in [0.25, 0.3) is 0 Å². The van der Waals surface area contributed by atoms with Crippen molar-refractivity contribution in [2.45, 2.75) is 19.9 Å². The van der Waals surface area contributed by atoms with E-state index in [9.17, 15) is 14.4 Å². The summed E-state index contributed by atoms with van der Waals surface area (Å²) in [6.45, 7) is 3.34. The molecule has 0 bridgehead atoms. The molecule has 1 atom stereocenters. The van der Waals surface area contributed by atoms with Gasteiger partial charge < -0.3 is 34.3 Å². The molecular formula is C25H28N2O8.